The van der Waals surface area contributed by atoms with Crippen molar-refractivity contribution in [3.05, 3.63) is 54.1 Å². The lowest BCUT2D eigenvalue weighted by atomic mass is 10.1. The molecule has 0 saturated carbocycles. The molecule has 0 aliphatic heterocycles. The van der Waals surface area contributed by atoms with Crippen LogP contribution in [0.3, 0.4) is 0 Å². The van der Waals surface area contributed by atoms with Gasteiger partial charge in [-0.1, -0.05) is 18.2 Å². The molecule has 0 spiro atoms. The van der Waals surface area contributed by atoms with E-state index in [1.54, 1.807) is 44.4 Å². The number of sulfonamides is 1. The van der Waals surface area contributed by atoms with E-state index in [1.807, 2.05) is 25.1 Å². The van der Waals surface area contributed by atoms with Gasteiger partial charge in [-0.15, -0.1) is 0 Å². The highest BCUT2D eigenvalue weighted by Gasteiger charge is 2.26. The maximum atomic E-state index is 13.2. The molecule has 35 heavy (non-hydrogen) atoms. The minimum Gasteiger partial charge on any atom is -0.497 e. The average molecular weight is 506 g/mol. The Kier molecular flexibility index (Phi) is 10.4. The Labute approximate surface area is 208 Å². The van der Waals surface area contributed by atoms with E-state index in [4.69, 9.17) is 9.47 Å². The zero-order valence-electron chi connectivity index (χ0n) is 21.0. The largest absolute Gasteiger partial charge is 0.497 e. The number of hydrogen-bond acceptors (Lipinski definition) is 6. The highest BCUT2D eigenvalue weighted by Crippen LogP contribution is 2.24. The maximum Gasteiger partial charge on any atom is 0.242 e. The number of ether oxygens (including phenoxy) is 2. The first-order valence-corrected chi connectivity index (χ1v) is 13.3. The molecule has 192 valence electrons. The molecule has 0 unspecified atom stereocenters. The maximum absolute atomic E-state index is 13.2. The number of nitrogens with one attached hydrogen (secondary N) is 1. The summed E-state index contributed by atoms with van der Waals surface area (Å²) in [5.41, 5.74) is 1.28. The molecule has 1 atom stereocenters. The van der Waals surface area contributed by atoms with Crippen molar-refractivity contribution in [3.8, 4) is 11.5 Å². The Bertz CT molecular complexity index is 1110. The Morgan fingerprint density at radius 1 is 1.03 bits per heavy atom. The number of amides is 2. The van der Waals surface area contributed by atoms with Crippen molar-refractivity contribution in [2.75, 3.05) is 37.9 Å². The Morgan fingerprint density at radius 2 is 1.66 bits per heavy atom. The molecule has 0 heterocycles. The monoisotopic (exact) mass is 505 g/mol. The molecule has 0 fully saturated rings. The lowest BCUT2D eigenvalue weighted by Gasteiger charge is -2.29. The van der Waals surface area contributed by atoms with Crippen LogP contribution in [-0.4, -0.2) is 64.7 Å². The molecule has 0 aromatic heterocycles. The van der Waals surface area contributed by atoms with Crippen LogP contribution in [0.15, 0.2) is 48.5 Å². The van der Waals surface area contributed by atoms with Crippen LogP contribution in [-0.2, 0) is 26.2 Å². The van der Waals surface area contributed by atoms with Crippen LogP contribution >= 0.6 is 0 Å². The zero-order chi connectivity index (χ0) is 26.0. The molecule has 0 bridgehead atoms. The molecule has 0 aliphatic rings. The van der Waals surface area contributed by atoms with Gasteiger partial charge in [0.1, 0.15) is 17.5 Å². The van der Waals surface area contributed by atoms with Crippen LogP contribution < -0.4 is 19.1 Å². The number of anilines is 1. The fraction of sp³-hybridized carbons (Fsp3) is 0.440. The number of benzene rings is 2. The van der Waals surface area contributed by atoms with Crippen molar-refractivity contribution in [1.29, 1.82) is 0 Å². The molecule has 0 aliphatic carbocycles. The molecule has 2 rings (SSSR count). The standard InChI is InChI=1S/C25H35N3O6S/c1-6-26-25(30)19(2)27(18-20-10-7-12-22(16-20)33-3)24(29)14-9-15-28(35(5,31)32)21-11-8-13-23(17-21)34-4/h7-8,10-13,16-17,19H,6,9,14-15,18H2,1-5H3,(H,26,30)/t19-/m1/s1. The quantitative estimate of drug-likeness (QED) is 0.449. The van der Waals surface area contributed by atoms with E-state index in [0.29, 0.717) is 23.7 Å². The Morgan fingerprint density at radius 3 is 2.26 bits per heavy atom. The number of nitrogens with zero attached hydrogens (tertiary/aromatic N) is 2. The second kappa shape index (κ2) is 13.0. The molecule has 2 aromatic carbocycles. The van der Waals surface area contributed by atoms with Gasteiger partial charge in [-0.3, -0.25) is 13.9 Å². The van der Waals surface area contributed by atoms with Crippen LogP contribution in [0.1, 0.15) is 32.3 Å². The number of likely N-dealkylation sites (N-methyl/N-ethyl adjacent to an activating group) is 1. The van der Waals surface area contributed by atoms with Crippen LogP contribution in [0.2, 0.25) is 0 Å². The van der Waals surface area contributed by atoms with Crippen molar-refractivity contribution in [1.82, 2.24) is 10.2 Å². The summed E-state index contributed by atoms with van der Waals surface area (Å²) in [5.74, 6) is 0.693. The zero-order valence-corrected chi connectivity index (χ0v) is 21.8. The Balaban J connectivity index is 2.18. The predicted molar refractivity (Wildman–Crippen MR) is 136 cm³/mol. The summed E-state index contributed by atoms with van der Waals surface area (Å²) < 4.78 is 36.6. The van der Waals surface area contributed by atoms with Crippen LogP contribution in [0.4, 0.5) is 5.69 Å². The van der Waals surface area contributed by atoms with Crippen molar-refractivity contribution < 1.29 is 27.5 Å². The summed E-state index contributed by atoms with van der Waals surface area (Å²) in [4.78, 5) is 27.3. The first-order chi connectivity index (χ1) is 16.6. The van der Waals surface area contributed by atoms with Crippen molar-refractivity contribution in [2.24, 2.45) is 0 Å². The van der Waals surface area contributed by atoms with Gasteiger partial charge in [0.15, 0.2) is 0 Å². The van der Waals surface area contributed by atoms with Gasteiger partial charge in [-0.25, -0.2) is 8.42 Å². The van der Waals surface area contributed by atoms with E-state index in [0.717, 1.165) is 11.8 Å². The van der Waals surface area contributed by atoms with E-state index in [-0.39, 0.29) is 37.7 Å². The van der Waals surface area contributed by atoms with E-state index in [9.17, 15) is 18.0 Å². The molecule has 2 aromatic rings. The van der Waals surface area contributed by atoms with E-state index in [1.165, 1.54) is 16.3 Å². The van der Waals surface area contributed by atoms with Gasteiger partial charge in [-0.2, -0.15) is 0 Å². The fourth-order valence-electron chi connectivity index (χ4n) is 3.64. The second-order valence-corrected chi connectivity index (χ2v) is 9.99. The molecule has 1 N–H and O–H groups in total. The lowest BCUT2D eigenvalue weighted by molar-refractivity contribution is -0.140. The van der Waals surface area contributed by atoms with Gasteiger partial charge in [0.05, 0.1) is 26.2 Å². The van der Waals surface area contributed by atoms with E-state index >= 15 is 0 Å². The lowest BCUT2D eigenvalue weighted by Crippen LogP contribution is -2.47. The summed E-state index contributed by atoms with van der Waals surface area (Å²) >= 11 is 0. The number of carbonyl (C=O) groups excluding carboxylic acids is 2. The summed E-state index contributed by atoms with van der Waals surface area (Å²) in [7, 11) is -0.506. The molecule has 10 heteroatoms. The predicted octanol–water partition coefficient (Wildman–Crippen LogP) is 2.80. The third-order valence-electron chi connectivity index (χ3n) is 5.50. The highest BCUT2D eigenvalue weighted by atomic mass is 32.2. The molecule has 0 radical (unpaired) electrons. The van der Waals surface area contributed by atoms with Crippen molar-refractivity contribution in [2.45, 2.75) is 39.3 Å². The minimum absolute atomic E-state index is 0.0731. The first kappa shape index (κ1) is 28.0. The van der Waals surface area contributed by atoms with Gasteiger partial charge < -0.3 is 19.7 Å². The first-order valence-electron chi connectivity index (χ1n) is 11.4. The molecule has 0 saturated heterocycles. The third kappa shape index (κ3) is 8.17. The van der Waals surface area contributed by atoms with Crippen molar-refractivity contribution in [3.63, 3.8) is 0 Å². The topological polar surface area (TPSA) is 105 Å². The van der Waals surface area contributed by atoms with Gasteiger partial charge in [-0.05, 0) is 50.1 Å². The number of methoxy groups -OCH3 is 2. The molecular weight excluding hydrogens is 470 g/mol. The molecule has 9 nitrogen and oxygen atoms in total. The number of rotatable bonds is 13. The van der Waals surface area contributed by atoms with Crippen molar-refractivity contribution >= 4 is 27.5 Å². The van der Waals surface area contributed by atoms with Crippen LogP contribution in [0.25, 0.3) is 0 Å². The van der Waals surface area contributed by atoms with Crippen LogP contribution in [0.5, 0.6) is 11.5 Å². The normalized spacial score (nSPS) is 11.9. The van der Waals surface area contributed by atoms with Gasteiger partial charge >= 0.3 is 0 Å². The second-order valence-electron chi connectivity index (χ2n) is 8.08. The summed E-state index contributed by atoms with van der Waals surface area (Å²) in [6.45, 7) is 4.29. The third-order valence-corrected chi connectivity index (χ3v) is 6.69. The summed E-state index contributed by atoms with van der Waals surface area (Å²) in [6, 6.07) is 13.4. The van der Waals surface area contributed by atoms with Gasteiger partial charge in [0.2, 0.25) is 21.8 Å². The van der Waals surface area contributed by atoms with E-state index in [2.05, 4.69) is 5.32 Å². The van der Waals surface area contributed by atoms with Gasteiger partial charge in [0.25, 0.3) is 0 Å². The van der Waals surface area contributed by atoms with E-state index < -0.39 is 16.1 Å². The SMILES string of the molecule is CCNC(=O)[C@@H](C)N(Cc1cccc(OC)c1)C(=O)CCCN(c1cccc(OC)c1)S(C)(=O)=O. The fourth-order valence-corrected chi connectivity index (χ4v) is 4.60. The average Bonchev–Trinajstić information content (AvgIpc) is 2.84. The van der Waals surface area contributed by atoms with Crippen LogP contribution in [0, 0.1) is 0 Å². The summed E-state index contributed by atoms with van der Waals surface area (Å²) in [6.07, 6.45) is 1.48. The molecule has 2 amide bonds. The minimum atomic E-state index is -3.58. The highest BCUT2D eigenvalue weighted by molar-refractivity contribution is 7.92. The molecular formula is C25H35N3O6S. The smallest absolute Gasteiger partial charge is 0.242 e. The Hall–Kier alpha value is -3.27. The number of hydrogen-bond donors (Lipinski definition) is 1. The summed E-state index contributed by atoms with van der Waals surface area (Å²) in [5, 5.41) is 2.76. The van der Waals surface area contributed by atoms with Gasteiger partial charge in [0, 0.05) is 32.1 Å². The number of carbonyl (C=O) groups is 2.